The van der Waals surface area contributed by atoms with Gasteiger partial charge in [0.2, 0.25) is 5.91 Å². The van der Waals surface area contributed by atoms with Crippen molar-refractivity contribution < 1.29 is 14.3 Å². The van der Waals surface area contributed by atoms with E-state index in [1.807, 2.05) is 27.7 Å². The van der Waals surface area contributed by atoms with Crippen molar-refractivity contribution in [2.75, 3.05) is 20.2 Å². The standard InChI is InChI=1S/C13H26N2O3/c1-6-11(7-2)14-12(16)8-15(10(3)4)9-13(17)18-5/h10-11H,6-9H2,1-5H3,(H,14,16). The van der Waals surface area contributed by atoms with Crippen LogP contribution in [0.25, 0.3) is 0 Å². The lowest BCUT2D eigenvalue weighted by Gasteiger charge is -2.25. The highest BCUT2D eigenvalue weighted by atomic mass is 16.5. The van der Waals surface area contributed by atoms with E-state index < -0.39 is 0 Å². The van der Waals surface area contributed by atoms with Gasteiger partial charge in [0, 0.05) is 12.1 Å². The Hall–Kier alpha value is -1.10. The maximum Gasteiger partial charge on any atom is 0.319 e. The highest BCUT2D eigenvalue weighted by Gasteiger charge is 2.18. The Morgan fingerprint density at radius 2 is 1.72 bits per heavy atom. The summed E-state index contributed by atoms with van der Waals surface area (Å²) in [6.07, 6.45) is 1.84. The molecule has 1 N–H and O–H groups in total. The number of hydrogen-bond donors (Lipinski definition) is 1. The molecular formula is C13H26N2O3. The molecule has 0 rings (SSSR count). The van der Waals surface area contributed by atoms with Gasteiger partial charge < -0.3 is 10.1 Å². The third kappa shape index (κ3) is 6.59. The average Bonchev–Trinajstić information content (AvgIpc) is 2.34. The van der Waals surface area contributed by atoms with Crippen molar-refractivity contribution in [1.82, 2.24) is 10.2 Å². The van der Waals surface area contributed by atoms with Gasteiger partial charge in [-0.25, -0.2) is 0 Å². The van der Waals surface area contributed by atoms with E-state index in [1.54, 1.807) is 4.90 Å². The van der Waals surface area contributed by atoms with Crippen LogP contribution in [0.1, 0.15) is 40.5 Å². The number of esters is 1. The molecule has 0 aromatic carbocycles. The van der Waals surface area contributed by atoms with Crippen LogP contribution in [0.5, 0.6) is 0 Å². The second-order valence-electron chi connectivity index (χ2n) is 4.66. The average molecular weight is 258 g/mol. The van der Waals surface area contributed by atoms with E-state index in [0.717, 1.165) is 12.8 Å². The number of methoxy groups -OCH3 is 1. The van der Waals surface area contributed by atoms with Gasteiger partial charge in [-0.1, -0.05) is 13.8 Å². The van der Waals surface area contributed by atoms with Crippen molar-refractivity contribution in [1.29, 1.82) is 0 Å². The fraction of sp³-hybridized carbons (Fsp3) is 0.846. The van der Waals surface area contributed by atoms with Crippen LogP contribution in [0.3, 0.4) is 0 Å². The van der Waals surface area contributed by atoms with Gasteiger partial charge in [0.05, 0.1) is 20.2 Å². The molecule has 0 bridgehead atoms. The van der Waals surface area contributed by atoms with Crippen molar-refractivity contribution in [3.05, 3.63) is 0 Å². The summed E-state index contributed by atoms with van der Waals surface area (Å²) in [6, 6.07) is 0.334. The topological polar surface area (TPSA) is 58.6 Å². The first kappa shape index (κ1) is 16.9. The SMILES string of the molecule is CCC(CC)NC(=O)CN(CC(=O)OC)C(C)C. The lowest BCUT2D eigenvalue weighted by molar-refractivity contribution is -0.142. The summed E-state index contributed by atoms with van der Waals surface area (Å²) < 4.78 is 4.62. The zero-order valence-electron chi connectivity index (χ0n) is 12.2. The Balaban J connectivity index is 4.31. The predicted octanol–water partition coefficient (Wildman–Crippen LogP) is 1.17. The lowest BCUT2D eigenvalue weighted by atomic mass is 10.2. The first-order chi connectivity index (χ1) is 8.44. The van der Waals surface area contributed by atoms with Crippen molar-refractivity contribution in [3.63, 3.8) is 0 Å². The Morgan fingerprint density at radius 1 is 1.17 bits per heavy atom. The first-order valence-electron chi connectivity index (χ1n) is 6.54. The maximum absolute atomic E-state index is 11.9. The molecule has 106 valence electrons. The number of ether oxygens (including phenoxy) is 1. The number of nitrogens with one attached hydrogen (secondary N) is 1. The van der Waals surface area contributed by atoms with Gasteiger partial charge in [0.25, 0.3) is 0 Å². The summed E-state index contributed by atoms with van der Waals surface area (Å²) in [5, 5.41) is 2.96. The van der Waals surface area contributed by atoms with Crippen LogP contribution in [0.4, 0.5) is 0 Å². The third-order valence-electron chi connectivity index (χ3n) is 2.99. The normalized spacial score (nSPS) is 11.1. The number of hydrogen-bond acceptors (Lipinski definition) is 4. The largest absolute Gasteiger partial charge is 0.468 e. The molecule has 0 aromatic rings. The van der Waals surface area contributed by atoms with Gasteiger partial charge in [-0.3, -0.25) is 14.5 Å². The van der Waals surface area contributed by atoms with Gasteiger partial charge in [0.15, 0.2) is 0 Å². The predicted molar refractivity (Wildman–Crippen MR) is 71.2 cm³/mol. The molecule has 18 heavy (non-hydrogen) atoms. The van der Waals surface area contributed by atoms with E-state index in [0.29, 0.717) is 0 Å². The molecule has 0 fully saturated rings. The van der Waals surface area contributed by atoms with Gasteiger partial charge in [0.1, 0.15) is 0 Å². The zero-order valence-corrected chi connectivity index (χ0v) is 12.2. The van der Waals surface area contributed by atoms with Crippen LogP contribution in [-0.4, -0.2) is 49.1 Å². The van der Waals surface area contributed by atoms with Crippen LogP contribution in [0.2, 0.25) is 0 Å². The van der Waals surface area contributed by atoms with E-state index >= 15 is 0 Å². The molecule has 0 saturated carbocycles. The second-order valence-corrected chi connectivity index (χ2v) is 4.66. The summed E-state index contributed by atoms with van der Waals surface area (Å²) in [6.45, 7) is 8.36. The van der Waals surface area contributed by atoms with E-state index in [-0.39, 0.29) is 37.0 Å². The first-order valence-corrected chi connectivity index (χ1v) is 6.54. The molecular weight excluding hydrogens is 232 g/mol. The zero-order chi connectivity index (χ0) is 14.1. The van der Waals surface area contributed by atoms with Gasteiger partial charge >= 0.3 is 5.97 Å². The molecule has 0 saturated heterocycles. The molecule has 0 spiro atoms. The highest BCUT2D eigenvalue weighted by Crippen LogP contribution is 2.00. The van der Waals surface area contributed by atoms with Gasteiger partial charge in [-0.2, -0.15) is 0 Å². The number of carbonyl (C=O) groups excluding carboxylic acids is 2. The lowest BCUT2D eigenvalue weighted by Crippen LogP contribution is -2.45. The van der Waals surface area contributed by atoms with E-state index in [9.17, 15) is 9.59 Å². The highest BCUT2D eigenvalue weighted by molar-refractivity contribution is 5.79. The van der Waals surface area contributed by atoms with Crippen molar-refractivity contribution in [3.8, 4) is 0 Å². The van der Waals surface area contributed by atoms with Gasteiger partial charge in [-0.05, 0) is 26.7 Å². The van der Waals surface area contributed by atoms with E-state index in [2.05, 4.69) is 10.1 Å². The van der Waals surface area contributed by atoms with Crippen LogP contribution in [0, 0.1) is 0 Å². The summed E-state index contributed by atoms with van der Waals surface area (Å²) >= 11 is 0. The van der Waals surface area contributed by atoms with Crippen molar-refractivity contribution in [2.45, 2.75) is 52.6 Å². The Kier molecular flexibility index (Phi) is 8.37. The molecule has 5 heteroatoms. The van der Waals surface area contributed by atoms with Gasteiger partial charge in [-0.15, -0.1) is 0 Å². The molecule has 5 nitrogen and oxygen atoms in total. The van der Waals surface area contributed by atoms with Crippen LogP contribution in [0.15, 0.2) is 0 Å². The smallest absolute Gasteiger partial charge is 0.319 e. The fourth-order valence-corrected chi connectivity index (χ4v) is 1.60. The third-order valence-corrected chi connectivity index (χ3v) is 2.99. The van der Waals surface area contributed by atoms with Crippen LogP contribution >= 0.6 is 0 Å². The van der Waals surface area contributed by atoms with Crippen LogP contribution in [-0.2, 0) is 14.3 Å². The fourth-order valence-electron chi connectivity index (χ4n) is 1.60. The summed E-state index contributed by atoms with van der Waals surface area (Å²) in [5.74, 6) is -0.361. The molecule has 1 amide bonds. The number of nitrogens with zero attached hydrogens (tertiary/aromatic N) is 1. The Bertz CT molecular complexity index is 263. The molecule has 0 aliphatic heterocycles. The minimum absolute atomic E-state index is 0.0405. The number of amides is 1. The minimum Gasteiger partial charge on any atom is -0.468 e. The summed E-state index contributed by atoms with van der Waals surface area (Å²) in [7, 11) is 1.35. The minimum atomic E-state index is -0.320. The van der Waals surface area contributed by atoms with Crippen LogP contribution < -0.4 is 5.32 Å². The summed E-state index contributed by atoms with van der Waals surface area (Å²) in [5.41, 5.74) is 0. The molecule has 0 unspecified atom stereocenters. The molecule has 0 aromatic heterocycles. The number of rotatable bonds is 8. The molecule has 0 radical (unpaired) electrons. The monoisotopic (exact) mass is 258 g/mol. The molecule has 0 aliphatic carbocycles. The van der Waals surface area contributed by atoms with E-state index in [4.69, 9.17) is 0 Å². The number of carbonyl (C=O) groups is 2. The van der Waals surface area contributed by atoms with Crippen molar-refractivity contribution >= 4 is 11.9 Å². The maximum atomic E-state index is 11.9. The molecule has 0 aliphatic rings. The van der Waals surface area contributed by atoms with E-state index in [1.165, 1.54) is 7.11 Å². The Morgan fingerprint density at radius 3 is 2.11 bits per heavy atom. The second kappa shape index (κ2) is 8.91. The quantitative estimate of drug-likeness (QED) is 0.664. The summed E-state index contributed by atoms with van der Waals surface area (Å²) in [4.78, 5) is 24.9. The molecule has 0 heterocycles. The Labute approximate surface area is 110 Å². The molecule has 0 atom stereocenters. The van der Waals surface area contributed by atoms with Crippen molar-refractivity contribution in [2.24, 2.45) is 0 Å².